The summed E-state index contributed by atoms with van der Waals surface area (Å²) >= 11 is 0. The van der Waals surface area contributed by atoms with Gasteiger partial charge in [-0.2, -0.15) is 4.31 Å². The molecule has 0 amide bonds. The average molecular weight is 298 g/mol. The van der Waals surface area contributed by atoms with E-state index in [1.165, 1.54) is 0 Å². The Hall–Kier alpha value is -1.11. The van der Waals surface area contributed by atoms with Gasteiger partial charge in [-0.1, -0.05) is 0 Å². The molecule has 0 aromatic heterocycles. The summed E-state index contributed by atoms with van der Waals surface area (Å²) in [6.07, 6.45) is 1.70. The molecule has 1 fully saturated rings. The molecule has 2 N–H and O–H groups in total. The van der Waals surface area contributed by atoms with Gasteiger partial charge in [0.15, 0.2) is 0 Å². The van der Waals surface area contributed by atoms with Gasteiger partial charge >= 0.3 is 0 Å². The van der Waals surface area contributed by atoms with Crippen LogP contribution < -0.4 is 5.73 Å². The zero-order valence-corrected chi connectivity index (χ0v) is 12.8. The molecule has 0 atom stereocenters. The molecule has 5 nitrogen and oxygen atoms in total. The van der Waals surface area contributed by atoms with Gasteiger partial charge < -0.3 is 10.5 Å². The Morgan fingerprint density at radius 1 is 1.35 bits per heavy atom. The minimum absolute atomic E-state index is 0.328. The Morgan fingerprint density at radius 3 is 2.55 bits per heavy atom. The van der Waals surface area contributed by atoms with Gasteiger partial charge in [-0.15, -0.1) is 0 Å². The summed E-state index contributed by atoms with van der Waals surface area (Å²) < 4.78 is 31.8. The van der Waals surface area contributed by atoms with Crippen LogP contribution in [0.2, 0.25) is 0 Å². The van der Waals surface area contributed by atoms with Gasteiger partial charge in [-0.3, -0.25) is 0 Å². The number of benzene rings is 1. The van der Waals surface area contributed by atoms with Crippen LogP contribution in [0.5, 0.6) is 0 Å². The Labute approximate surface area is 120 Å². The lowest BCUT2D eigenvalue weighted by molar-refractivity contribution is 0.121. The molecule has 1 aliphatic rings. The molecule has 1 aliphatic heterocycles. The standard InChI is InChI=1S/C14H22N2O3S/c1-11-9-13(3-4-14(11)15)20(17,18)16-7-5-12(6-8-16)10-19-2/h3-4,9,12H,5-8,10,15H2,1-2H3. The third-order valence-corrected chi connectivity index (χ3v) is 5.75. The number of sulfonamides is 1. The highest BCUT2D eigenvalue weighted by Crippen LogP contribution is 2.25. The van der Waals surface area contributed by atoms with Crippen molar-refractivity contribution in [3.05, 3.63) is 23.8 Å². The molecule has 0 saturated carbocycles. The lowest BCUT2D eigenvalue weighted by Gasteiger charge is -2.30. The van der Waals surface area contributed by atoms with Crippen LogP contribution in [0.4, 0.5) is 5.69 Å². The highest BCUT2D eigenvalue weighted by molar-refractivity contribution is 7.89. The fraction of sp³-hybridized carbons (Fsp3) is 0.571. The first-order chi connectivity index (χ1) is 9.45. The minimum atomic E-state index is -3.40. The molecule has 1 aromatic rings. The molecule has 20 heavy (non-hydrogen) atoms. The fourth-order valence-electron chi connectivity index (χ4n) is 2.51. The summed E-state index contributed by atoms with van der Waals surface area (Å²) in [5.74, 6) is 0.458. The second-order valence-electron chi connectivity index (χ2n) is 5.32. The number of nitrogens with two attached hydrogens (primary N) is 1. The molecule has 2 rings (SSSR count). The van der Waals surface area contributed by atoms with Gasteiger partial charge in [-0.25, -0.2) is 8.42 Å². The first-order valence-electron chi connectivity index (χ1n) is 6.80. The topological polar surface area (TPSA) is 72.6 Å². The van der Waals surface area contributed by atoms with E-state index in [0.29, 0.717) is 36.2 Å². The molecular formula is C14H22N2O3S. The Kier molecular flexibility index (Phi) is 4.67. The van der Waals surface area contributed by atoms with E-state index in [-0.39, 0.29) is 0 Å². The molecule has 0 spiro atoms. The number of methoxy groups -OCH3 is 1. The number of hydrogen-bond donors (Lipinski definition) is 1. The number of nitrogens with zero attached hydrogens (tertiary/aromatic N) is 1. The van der Waals surface area contributed by atoms with E-state index in [4.69, 9.17) is 10.5 Å². The zero-order valence-electron chi connectivity index (χ0n) is 12.0. The van der Waals surface area contributed by atoms with Crippen molar-refractivity contribution in [3.63, 3.8) is 0 Å². The maximum absolute atomic E-state index is 12.6. The average Bonchev–Trinajstić information content (AvgIpc) is 2.43. The molecule has 112 valence electrons. The van der Waals surface area contributed by atoms with Crippen molar-refractivity contribution in [3.8, 4) is 0 Å². The van der Waals surface area contributed by atoms with Crippen molar-refractivity contribution in [1.82, 2.24) is 4.31 Å². The van der Waals surface area contributed by atoms with Crippen LogP contribution >= 0.6 is 0 Å². The number of ether oxygens (including phenoxy) is 1. The van der Waals surface area contributed by atoms with Crippen LogP contribution in [0.3, 0.4) is 0 Å². The van der Waals surface area contributed by atoms with Crippen LogP contribution in [0, 0.1) is 12.8 Å². The second-order valence-corrected chi connectivity index (χ2v) is 7.26. The van der Waals surface area contributed by atoms with Crippen LogP contribution in [0.1, 0.15) is 18.4 Å². The Morgan fingerprint density at radius 2 is 2.00 bits per heavy atom. The summed E-state index contributed by atoms with van der Waals surface area (Å²) in [5.41, 5.74) is 7.15. The predicted molar refractivity (Wildman–Crippen MR) is 79.0 cm³/mol. The number of piperidine rings is 1. The first-order valence-corrected chi connectivity index (χ1v) is 8.24. The molecule has 0 aliphatic carbocycles. The van der Waals surface area contributed by atoms with Gasteiger partial charge in [-0.05, 0) is 49.4 Å². The number of nitrogen functional groups attached to an aromatic ring is 1. The lowest BCUT2D eigenvalue weighted by atomic mass is 9.99. The lowest BCUT2D eigenvalue weighted by Crippen LogP contribution is -2.39. The molecular weight excluding hydrogens is 276 g/mol. The summed E-state index contributed by atoms with van der Waals surface area (Å²) in [7, 11) is -1.72. The van der Waals surface area contributed by atoms with Crippen LogP contribution in [0.15, 0.2) is 23.1 Å². The van der Waals surface area contributed by atoms with Crippen molar-refractivity contribution < 1.29 is 13.2 Å². The summed E-state index contributed by atoms with van der Waals surface area (Å²) in [5, 5.41) is 0. The fourth-order valence-corrected chi connectivity index (χ4v) is 4.07. The summed E-state index contributed by atoms with van der Waals surface area (Å²) in [6, 6.07) is 4.88. The molecule has 0 radical (unpaired) electrons. The second kappa shape index (κ2) is 6.11. The summed E-state index contributed by atoms with van der Waals surface area (Å²) in [4.78, 5) is 0.328. The van der Waals surface area contributed by atoms with E-state index >= 15 is 0 Å². The van der Waals surface area contributed by atoms with Crippen molar-refractivity contribution >= 4 is 15.7 Å². The van der Waals surface area contributed by atoms with Gasteiger partial charge in [0, 0.05) is 32.5 Å². The van der Waals surface area contributed by atoms with E-state index in [1.54, 1.807) is 29.6 Å². The van der Waals surface area contributed by atoms with Crippen molar-refractivity contribution in [2.45, 2.75) is 24.7 Å². The van der Waals surface area contributed by atoms with Gasteiger partial charge in [0.1, 0.15) is 0 Å². The smallest absolute Gasteiger partial charge is 0.243 e. The van der Waals surface area contributed by atoms with Crippen molar-refractivity contribution in [1.29, 1.82) is 0 Å². The van der Waals surface area contributed by atoms with E-state index in [1.807, 2.05) is 6.92 Å². The van der Waals surface area contributed by atoms with Crippen molar-refractivity contribution in [2.24, 2.45) is 5.92 Å². The molecule has 1 saturated heterocycles. The summed E-state index contributed by atoms with van der Waals surface area (Å²) in [6.45, 7) is 3.63. The Bertz CT molecular complexity index is 564. The zero-order chi connectivity index (χ0) is 14.8. The third-order valence-electron chi connectivity index (χ3n) is 3.85. The molecule has 1 aromatic carbocycles. The number of rotatable bonds is 4. The van der Waals surface area contributed by atoms with Crippen LogP contribution in [-0.2, 0) is 14.8 Å². The van der Waals surface area contributed by atoms with Gasteiger partial charge in [0.05, 0.1) is 4.90 Å². The highest BCUT2D eigenvalue weighted by atomic mass is 32.2. The number of hydrogen-bond acceptors (Lipinski definition) is 4. The molecule has 1 heterocycles. The first kappa shape index (κ1) is 15.3. The highest BCUT2D eigenvalue weighted by Gasteiger charge is 2.29. The minimum Gasteiger partial charge on any atom is -0.399 e. The molecule has 0 unspecified atom stereocenters. The van der Waals surface area contributed by atoms with Crippen molar-refractivity contribution in [2.75, 3.05) is 32.5 Å². The van der Waals surface area contributed by atoms with E-state index in [2.05, 4.69) is 0 Å². The van der Waals surface area contributed by atoms with E-state index in [0.717, 1.165) is 18.4 Å². The molecule has 6 heteroatoms. The third kappa shape index (κ3) is 3.13. The predicted octanol–water partition coefficient (Wildman–Crippen LogP) is 1.62. The number of aryl methyl sites for hydroxylation is 1. The maximum Gasteiger partial charge on any atom is 0.243 e. The van der Waals surface area contributed by atoms with Crippen LogP contribution in [0.25, 0.3) is 0 Å². The Balaban J connectivity index is 2.13. The monoisotopic (exact) mass is 298 g/mol. The van der Waals surface area contributed by atoms with Gasteiger partial charge in [0.25, 0.3) is 0 Å². The number of anilines is 1. The van der Waals surface area contributed by atoms with Gasteiger partial charge in [0.2, 0.25) is 10.0 Å². The van der Waals surface area contributed by atoms with E-state index in [9.17, 15) is 8.42 Å². The molecule has 0 bridgehead atoms. The normalized spacial score (nSPS) is 18.3. The SMILES string of the molecule is COCC1CCN(S(=O)(=O)c2ccc(N)c(C)c2)CC1. The van der Waals surface area contributed by atoms with E-state index < -0.39 is 10.0 Å². The van der Waals surface area contributed by atoms with Crippen LogP contribution in [-0.4, -0.2) is 39.5 Å². The quantitative estimate of drug-likeness (QED) is 0.857. The maximum atomic E-state index is 12.6. The largest absolute Gasteiger partial charge is 0.399 e.